The van der Waals surface area contributed by atoms with Gasteiger partial charge in [-0.1, -0.05) is 30.3 Å². The topological polar surface area (TPSA) is 54.0 Å². The summed E-state index contributed by atoms with van der Waals surface area (Å²) in [4.78, 5) is 16.6. The van der Waals surface area contributed by atoms with Crippen molar-refractivity contribution in [1.29, 1.82) is 0 Å². The summed E-state index contributed by atoms with van der Waals surface area (Å²) < 4.78 is 0. The first-order chi connectivity index (χ1) is 9.83. The van der Waals surface area contributed by atoms with E-state index in [2.05, 4.69) is 15.6 Å². The van der Waals surface area contributed by atoms with Crippen LogP contribution >= 0.6 is 36.2 Å². The van der Waals surface area contributed by atoms with Gasteiger partial charge < -0.3 is 10.6 Å². The molecule has 1 atom stereocenters. The zero-order chi connectivity index (χ0) is 13.8. The van der Waals surface area contributed by atoms with Gasteiger partial charge in [0, 0.05) is 23.5 Å². The van der Waals surface area contributed by atoms with Gasteiger partial charge in [0.1, 0.15) is 10.7 Å². The fourth-order valence-corrected chi connectivity index (χ4v) is 3.13. The lowest BCUT2D eigenvalue weighted by molar-refractivity contribution is 0.0926. The zero-order valence-corrected chi connectivity index (χ0v) is 14.4. The number of rotatable bonds is 3. The van der Waals surface area contributed by atoms with Crippen molar-refractivity contribution < 1.29 is 4.79 Å². The van der Waals surface area contributed by atoms with Gasteiger partial charge in [0.05, 0.1) is 0 Å². The summed E-state index contributed by atoms with van der Waals surface area (Å²) in [6.45, 7) is 1.89. The van der Waals surface area contributed by atoms with Crippen molar-refractivity contribution in [3.05, 3.63) is 41.4 Å². The highest BCUT2D eigenvalue weighted by Gasteiger charge is 2.18. The Hall–Kier alpha value is -1.14. The molecule has 0 saturated carbocycles. The SMILES string of the molecule is Cl.Cl.O=C(NC1CCCNC1)c1csc(-c2ccccc2)n1. The van der Waals surface area contributed by atoms with E-state index in [1.54, 1.807) is 0 Å². The Morgan fingerprint density at radius 3 is 2.73 bits per heavy atom. The largest absolute Gasteiger partial charge is 0.347 e. The van der Waals surface area contributed by atoms with Gasteiger partial charge in [-0.3, -0.25) is 4.79 Å². The number of nitrogens with zero attached hydrogens (tertiary/aromatic N) is 1. The fourth-order valence-electron chi connectivity index (χ4n) is 2.33. The van der Waals surface area contributed by atoms with Crippen LogP contribution in [0.4, 0.5) is 0 Å². The predicted octanol–water partition coefficient (Wildman–Crippen LogP) is 3.14. The molecule has 2 aromatic rings. The number of aromatic nitrogens is 1. The first kappa shape index (κ1) is 18.9. The van der Waals surface area contributed by atoms with Crippen molar-refractivity contribution >= 4 is 42.1 Å². The van der Waals surface area contributed by atoms with Crippen LogP contribution < -0.4 is 10.6 Å². The lowest BCUT2D eigenvalue weighted by Gasteiger charge is -2.23. The van der Waals surface area contributed by atoms with Gasteiger partial charge in [-0.15, -0.1) is 36.2 Å². The third-order valence-electron chi connectivity index (χ3n) is 3.39. The Morgan fingerprint density at radius 2 is 2.05 bits per heavy atom. The van der Waals surface area contributed by atoms with E-state index in [1.807, 2.05) is 35.7 Å². The van der Waals surface area contributed by atoms with Crippen molar-refractivity contribution in [3.8, 4) is 10.6 Å². The molecule has 1 amide bonds. The molecule has 4 nitrogen and oxygen atoms in total. The molecule has 1 aliphatic heterocycles. The third kappa shape index (κ3) is 4.68. The lowest BCUT2D eigenvalue weighted by atomic mass is 10.1. The molecule has 2 heterocycles. The molecule has 3 rings (SSSR count). The average Bonchev–Trinajstić information content (AvgIpc) is 2.99. The second-order valence-corrected chi connectivity index (χ2v) is 5.78. The molecule has 22 heavy (non-hydrogen) atoms. The third-order valence-corrected chi connectivity index (χ3v) is 4.28. The average molecular weight is 360 g/mol. The van der Waals surface area contributed by atoms with Gasteiger partial charge in [-0.25, -0.2) is 4.98 Å². The van der Waals surface area contributed by atoms with Crippen molar-refractivity contribution in [2.24, 2.45) is 0 Å². The minimum atomic E-state index is -0.0721. The smallest absolute Gasteiger partial charge is 0.271 e. The van der Waals surface area contributed by atoms with Crippen LogP contribution in [0, 0.1) is 0 Å². The van der Waals surface area contributed by atoms with Crippen LogP contribution in [0.1, 0.15) is 23.3 Å². The van der Waals surface area contributed by atoms with Gasteiger partial charge in [0.2, 0.25) is 0 Å². The minimum absolute atomic E-state index is 0. The highest BCUT2D eigenvalue weighted by molar-refractivity contribution is 7.13. The normalized spacial score (nSPS) is 17.0. The van der Waals surface area contributed by atoms with E-state index in [4.69, 9.17) is 0 Å². The summed E-state index contributed by atoms with van der Waals surface area (Å²) in [7, 11) is 0. The van der Waals surface area contributed by atoms with Crippen molar-refractivity contribution in [2.75, 3.05) is 13.1 Å². The summed E-state index contributed by atoms with van der Waals surface area (Å²) in [6.07, 6.45) is 2.14. The van der Waals surface area contributed by atoms with Crippen LogP contribution in [-0.2, 0) is 0 Å². The number of hydrogen-bond donors (Lipinski definition) is 2. The molecule has 1 aromatic carbocycles. The summed E-state index contributed by atoms with van der Waals surface area (Å²) in [5.74, 6) is -0.0721. The molecule has 1 aromatic heterocycles. The number of nitrogens with one attached hydrogen (secondary N) is 2. The number of benzene rings is 1. The second kappa shape index (κ2) is 9.10. The molecule has 0 radical (unpaired) electrons. The van der Waals surface area contributed by atoms with Crippen LogP contribution in [-0.4, -0.2) is 30.0 Å². The predicted molar refractivity (Wildman–Crippen MR) is 95.4 cm³/mol. The van der Waals surface area contributed by atoms with E-state index >= 15 is 0 Å². The standard InChI is InChI=1S/C15H17N3OS.2ClH/c19-14(17-12-7-4-8-16-9-12)13-10-20-15(18-13)11-5-2-1-3-6-11;;/h1-3,5-6,10,12,16H,4,7-9H2,(H,17,19);2*1H. The Bertz CT molecular complexity index is 585. The first-order valence-electron chi connectivity index (χ1n) is 6.85. The van der Waals surface area contributed by atoms with Crippen LogP contribution in [0.2, 0.25) is 0 Å². The summed E-state index contributed by atoms with van der Waals surface area (Å²) in [5.41, 5.74) is 1.57. The molecule has 0 aliphatic carbocycles. The Balaban J connectivity index is 0.00000121. The number of carbonyl (C=O) groups excluding carboxylic acids is 1. The fraction of sp³-hybridized carbons (Fsp3) is 0.333. The molecular weight excluding hydrogens is 341 g/mol. The van der Waals surface area contributed by atoms with Crippen LogP contribution in [0.15, 0.2) is 35.7 Å². The number of carbonyl (C=O) groups is 1. The van der Waals surface area contributed by atoms with Gasteiger partial charge in [-0.2, -0.15) is 0 Å². The first-order valence-corrected chi connectivity index (χ1v) is 7.73. The van der Waals surface area contributed by atoms with Gasteiger partial charge in [-0.05, 0) is 19.4 Å². The maximum absolute atomic E-state index is 12.2. The number of halogens is 2. The summed E-state index contributed by atoms with van der Waals surface area (Å²) >= 11 is 1.51. The molecule has 1 unspecified atom stereocenters. The molecule has 1 fully saturated rings. The highest BCUT2D eigenvalue weighted by atomic mass is 35.5. The zero-order valence-electron chi connectivity index (χ0n) is 12.0. The second-order valence-electron chi connectivity index (χ2n) is 4.92. The number of amides is 1. The summed E-state index contributed by atoms with van der Waals surface area (Å²) in [5, 5.41) is 9.05. The number of piperidine rings is 1. The van der Waals surface area contributed by atoms with Gasteiger partial charge >= 0.3 is 0 Å². The molecule has 1 saturated heterocycles. The van der Waals surface area contributed by atoms with Crippen LogP contribution in [0.25, 0.3) is 10.6 Å². The molecule has 0 spiro atoms. The molecular formula is C15H19Cl2N3OS. The van der Waals surface area contributed by atoms with E-state index in [1.165, 1.54) is 11.3 Å². The maximum atomic E-state index is 12.2. The Kier molecular flexibility index (Phi) is 7.82. The van der Waals surface area contributed by atoms with Crippen molar-refractivity contribution in [2.45, 2.75) is 18.9 Å². The lowest BCUT2D eigenvalue weighted by Crippen LogP contribution is -2.45. The van der Waals surface area contributed by atoms with E-state index in [-0.39, 0.29) is 36.8 Å². The van der Waals surface area contributed by atoms with Gasteiger partial charge in [0.15, 0.2) is 0 Å². The Morgan fingerprint density at radius 1 is 1.27 bits per heavy atom. The molecule has 2 N–H and O–H groups in total. The van der Waals surface area contributed by atoms with E-state index < -0.39 is 0 Å². The van der Waals surface area contributed by atoms with Crippen molar-refractivity contribution in [3.63, 3.8) is 0 Å². The summed E-state index contributed by atoms with van der Waals surface area (Å²) in [6, 6.07) is 10.2. The molecule has 7 heteroatoms. The molecule has 1 aliphatic rings. The highest BCUT2D eigenvalue weighted by Crippen LogP contribution is 2.23. The number of hydrogen-bond acceptors (Lipinski definition) is 4. The maximum Gasteiger partial charge on any atom is 0.271 e. The van der Waals surface area contributed by atoms with Crippen molar-refractivity contribution in [1.82, 2.24) is 15.6 Å². The monoisotopic (exact) mass is 359 g/mol. The van der Waals surface area contributed by atoms with Crippen LogP contribution in [0.5, 0.6) is 0 Å². The van der Waals surface area contributed by atoms with E-state index in [0.29, 0.717) is 5.69 Å². The molecule has 0 bridgehead atoms. The van der Waals surface area contributed by atoms with E-state index in [0.717, 1.165) is 36.5 Å². The quantitative estimate of drug-likeness (QED) is 0.884. The molecule has 120 valence electrons. The number of thiazole rings is 1. The Labute approximate surface area is 146 Å². The minimum Gasteiger partial charge on any atom is -0.347 e. The van der Waals surface area contributed by atoms with Gasteiger partial charge in [0.25, 0.3) is 5.91 Å². The van der Waals surface area contributed by atoms with E-state index in [9.17, 15) is 4.79 Å². The van der Waals surface area contributed by atoms with Crippen LogP contribution in [0.3, 0.4) is 0 Å².